The van der Waals surface area contributed by atoms with Crippen LogP contribution in [-0.4, -0.2) is 56.2 Å². The highest BCUT2D eigenvalue weighted by atomic mass is 32.2. The predicted molar refractivity (Wildman–Crippen MR) is 153 cm³/mol. The molecule has 1 aliphatic heterocycles. The second kappa shape index (κ2) is 11.5. The van der Waals surface area contributed by atoms with Gasteiger partial charge in [0.25, 0.3) is 5.91 Å². The van der Waals surface area contributed by atoms with Crippen molar-refractivity contribution in [1.82, 2.24) is 9.29 Å². The molecular weight excluding hydrogens is 514 g/mol. The third-order valence-electron chi connectivity index (χ3n) is 7.36. The zero-order chi connectivity index (χ0) is 27.4. The van der Waals surface area contributed by atoms with Gasteiger partial charge in [-0.15, -0.1) is 0 Å². The van der Waals surface area contributed by atoms with Crippen LogP contribution in [0.25, 0.3) is 22.0 Å². The Balaban J connectivity index is 1.23. The molecule has 0 saturated carbocycles. The average molecular weight is 548 g/mol. The van der Waals surface area contributed by atoms with E-state index in [0.717, 1.165) is 33.3 Å². The second-order valence-electron chi connectivity index (χ2n) is 9.79. The number of fused-ring (bicyclic) bond motifs is 1. The monoisotopic (exact) mass is 547 g/mol. The summed E-state index contributed by atoms with van der Waals surface area (Å²) in [5.41, 5.74) is 9.93. The number of hydrogen-bond acceptors (Lipinski definition) is 5. The van der Waals surface area contributed by atoms with E-state index in [1.165, 1.54) is 0 Å². The topological polar surface area (TPSA) is 115 Å². The van der Waals surface area contributed by atoms with E-state index in [1.807, 2.05) is 42.6 Å². The van der Waals surface area contributed by atoms with Gasteiger partial charge in [0.1, 0.15) is 11.5 Å². The summed E-state index contributed by atoms with van der Waals surface area (Å²) < 4.78 is 38.4. The zero-order valence-corrected chi connectivity index (χ0v) is 22.7. The minimum absolute atomic E-state index is 0.0450. The first-order valence-electron chi connectivity index (χ1n) is 13.1. The number of piperidine rings is 1. The molecule has 1 amide bonds. The summed E-state index contributed by atoms with van der Waals surface area (Å²) in [6, 6.07) is 21.0. The summed E-state index contributed by atoms with van der Waals surface area (Å²) in [5, 5.41) is 0.960. The molecule has 204 valence electrons. The van der Waals surface area contributed by atoms with Crippen LogP contribution in [0.2, 0.25) is 0 Å². The molecule has 1 saturated heterocycles. The molecule has 8 nitrogen and oxygen atoms in total. The molecule has 4 aromatic rings. The van der Waals surface area contributed by atoms with Crippen molar-refractivity contribution in [1.29, 1.82) is 0 Å². The van der Waals surface area contributed by atoms with Crippen molar-refractivity contribution in [3.05, 3.63) is 84.1 Å². The molecule has 0 unspecified atom stereocenters. The molecule has 0 radical (unpaired) electrons. The van der Waals surface area contributed by atoms with Crippen molar-refractivity contribution >= 4 is 26.8 Å². The van der Waals surface area contributed by atoms with E-state index >= 15 is 0 Å². The summed E-state index contributed by atoms with van der Waals surface area (Å²) >= 11 is 0. The lowest BCUT2D eigenvalue weighted by molar-refractivity contribution is 0.100. The molecule has 1 aliphatic rings. The predicted octanol–water partition coefficient (Wildman–Crippen LogP) is 4.92. The van der Waals surface area contributed by atoms with Gasteiger partial charge in [-0.05, 0) is 78.3 Å². The Morgan fingerprint density at radius 2 is 1.69 bits per heavy atom. The number of aromatic nitrogens is 1. The molecule has 3 N–H and O–H groups in total. The Hall–Kier alpha value is -3.82. The fourth-order valence-electron chi connectivity index (χ4n) is 5.26. The Kier molecular flexibility index (Phi) is 7.90. The molecule has 0 spiro atoms. The number of methoxy groups -OCH3 is 1. The van der Waals surface area contributed by atoms with Crippen molar-refractivity contribution in [3.8, 4) is 22.6 Å². The third kappa shape index (κ3) is 5.94. The molecule has 5 rings (SSSR count). The van der Waals surface area contributed by atoms with Crippen molar-refractivity contribution < 1.29 is 22.7 Å². The second-order valence-corrected chi connectivity index (χ2v) is 11.9. The number of hydrogen-bond donors (Lipinski definition) is 2. The Labute approximate surface area is 228 Å². The molecule has 0 atom stereocenters. The van der Waals surface area contributed by atoms with Gasteiger partial charge in [0, 0.05) is 24.7 Å². The number of aromatic amines is 1. The number of benzene rings is 3. The molecule has 1 aromatic heterocycles. The SMILES string of the molecule is COc1ccc(OCCCS(=O)(=O)N2CCC(c3c[nH]c4c(C(N)=O)cc(-c5ccccc5)cc34)CC2)cc1. The first-order valence-corrected chi connectivity index (χ1v) is 14.7. The van der Waals surface area contributed by atoms with Crippen LogP contribution >= 0.6 is 0 Å². The molecular formula is C30H33N3O5S. The quantitative estimate of drug-likeness (QED) is 0.274. The van der Waals surface area contributed by atoms with E-state index in [0.29, 0.717) is 50.3 Å². The van der Waals surface area contributed by atoms with Crippen LogP contribution in [0.3, 0.4) is 0 Å². The molecule has 0 aliphatic carbocycles. The van der Waals surface area contributed by atoms with Crippen molar-refractivity contribution in [2.75, 3.05) is 32.6 Å². The minimum Gasteiger partial charge on any atom is -0.497 e. The highest BCUT2D eigenvalue weighted by Crippen LogP contribution is 2.37. The number of amides is 1. The maximum Gasteiger partial charge on any atom is 0.250 e. The number of rotatable bonds is 10. The molecule has 39 heavy (non-hydrogen) atoms. The van der Waals surface area contributed by atoms with Crippen LogP contribution in [-0.2, 0) is 10.0 Å². The van der Waals surface area contributed by atoms with Gasteiger partial charge < -0.3 is 20.2 Å². The summed E-state index contributed by atoms with van der Waals surface area (Å²) in [6.07, 6.45) is 3.76. The number of ether oxygens (including phenoxy) is 2. The number of H-pyrrole nitrogens is 1. The van der Waals surface area contributed by atoms with E-state index in [1.54, 1.807) is 35.7 Å². The van der Waals surface area contributed by atoms with Crippen LogP contribution in [0.1, 0.15) is 41.1 Å². The van der Waals surface area contributed by atoms with E-state index in [4.69, 9.17) is 15.2 Å². The number of sulfonamides is 1. The largest absolute Gasteiger partial charge is 0.497 e. The number of nitrogens with zero attached hydrogens (tertiary/aromatic N) is 1. The fraction of sp³-hybridized carbons (Fsp3) is 0.300. The van der Waals surface area contributed by atoms with Crippen LogP contribution in [0, 0.1) is 0 Å². The van der Waals surface area contributed by atoms with E-state index in [9.17, 15) is 13.2 Å². The van der Waals surface area contributed by atoms with Crippen LogP contribution < -0.4 is 15.2 Å². The van der Waals surface area contributed by atoms with E-state index < -0.39 is 15.9 Å². The lowest BCUT2D eigenvalue weighted by atomic mass is 9.88. The maximum atomic E-state index is 13.0. The molecule has 1 fully saturated rings. The third-order valence-corrected chi connectivity index (χ3v) is 9.31. The van der Waals surface area contributed by atoms with Crippen molar-refractivity contribution in [2.45, 2.75) is 25.2 Å². The van der Waals surface area contributed by atoms with E-state index in [-0.39, 0.29) is 11.7 Å². The maximum absolute atomic E-state index is 13.0. The molecule has 2 heterocycles. The Morgan fingerprint density at radius 1 is 1.00 bits per heavy atom. The lowest BCUT2D eigenvalue weighted by Crippen LogP contribution is -2.39. The van der Waals surface area contributed by atoms with Gasteiger partial charge in [-0.1, -0.05) is 30.3 Å². The Morgan fingerprint density at radius 3 is 2.36 bits per heavy atom. The average Bonchev–Trinajstić information content (AvgIpc) is 3.39. The van der Waals surface area contributed by atoms with Gasteiger partial charge in [0.05, 0.1) is 30.5 Å². The number of carbonyl (C=O) groups excluding carboxylic acids is 1. The lowest BCUT2D eigenvalue weighted by Gasteiger charge is -2.31. The smallest absolute Gasteiger partial charge is 0.250 e. The first kappa shape index (κ1) is 26.8. The highest BCUT2D eigenvalue weighted by Gasteiger charge is 2.30. The normalized spacial score (nSPS) is 14.9. The minimum atomic E-state index is -3.38. The number of primary amides is 1. The van der Waals surface area contributed by atoms with Gasteiger partial charge >= 0.3 is 0 Å². The van der Waals surface area contributed by atoms with E-state index in [2.05, 4.69) is 11.1 Å². The first-order chi connectivity index (χ1) is 18.9. The number of nitrogens with two attached hydrogens (primary N) is 1. The van der Waals surface area contributed by atoms with Gasteiger partial charge in [-0.3, -0.25) is 4.79 Å². The van der Waals surface area contributed by atoms with Gasteiger partial charge in [0.15, 0.2) is 0 Å². The summed E-state index contributed by atoms with van der Waals surface area (Å²) in [6.45, 7) is 1.24. The Bertz CT molecular complexity index is 1540. The van der Waals surface area contributed by atoms with Crippen molar-refractivity contribution in [2.24, 2.45) is 5.73 Å². The van der Waals surface area contributed by atoms with Gasteiger partial charge in [-0.25, -0.2) is 12.7 Å². The number of nitrogens with one attached hydrogen (secondary N) is 1. The number of carbonyl (C=O) groups is 1. The molecule has 3 aromatic carbocycles. The standard InChI is InChI=1S/C30H33N3O5S/c1-37-24-8-10-25(11-9-24)38-16-5-17-39(35,36)33-14-12-22(13-15-33)28-20-32-29-26(28)18-23(19-27(29)30(31)34)21-6-3-2-4-7-21/h2-4,6-11,18-20,22,32H,5,12-17H2,1H3,(H2,31,34). The van der Waals surface area contributed by atoms with Crippen LogP contribution in [0.15, 0.2) is 72.9 Å². The van der Waals surface area contributed by atoms with Crippen LogP contribution in [0.5, 0.6) is 11.5 Å². The van der Waals surface area contributed by atoms with Gasteiger partial charge in [-0.2, -0.15) is 0 Å². The highest BCUT2D eigenvalue weighted by molar-refractivity contribution is 7.89. The van der Waals surface area contributed by atoms with Gasteiger partial charge in [0.2, 0.25) is 10.0 Å². The summed E-state index contributed by atoms with van der Waals surface area (Å²) in [4.78, 5) is 15.5. The van der Waals surface area contributed by atoms with Crippen molar-refractivity contribution in [3.63, 3.8) is 0 Å². The fourth-order valence-corrected chi connectivity index (χ4v) is 6.77. The van der Waals surface area contributed by atoms with Crippen LogP contribution in [0.4, 0.5) is 0 Å². The molecule has 0 bridgehead atoms. The molecule has 9 heteroatoms. The summed E-state index contributed by atoms with van der Waals surface area (Å²) in [7, 11) is -1.78. The summed E-state index contributed by atoms with van der Waals surface area (Å²) in [5.74, 6) is 1.16. The zero-order valence-electron chi connectivity index (χ0n) is 21.9.